The first kappa shape index (κ1) is 21.5. The van der Waals surface area contributed by atoms with E-state index in [1.165, 1.54) is 30.3 Å². The lowest BCUT2D eigenvalue weighted by Crippen LogP contribution is -2.34. The van der Waals surface area contributed by atoms with Crippen LogP contribution in [0, 0.1) is 6.92 Å². The molecule has 0 radical (unpaired) electrons. The largest absolute Gasteiger partial charge is 0.333 e. The molecule has 8 nitrogen and oxygen atoms in total. The van der Waals surface area contributed by atoms with Crippen LogP contribution in [0.15, 0.2) is 82.6 Å². The van der Waals surface area contributed by atoms with Crippen LogP contribution in [0.4, 0.5) is 10.5 Å². The Labute approximate surface area is 174 Å². The summed E-state index contributed by atoms with van der Waals surface area (Å²) in [4.78, 5) is 12.2. The number of sulfonamides is 2. The fraction of sp³-hybridized carbons (Fsp3) is 0.0500. The fourth-order valence-corrected chi connectivity index (χ4v) is 4.51. The van der Waals surface area contributed by atoms with Crippen LogP contribution < -0.4 is 15.2 Å². The van der Waals surface area contributed by atoms with Gasteiger partial charge in [0, 0.05) is 5.56 Å². The van der Waals surface area contributed by atoms with Crippen molar-refractivity contribution in [2.75, 3.05) is 5.32 Å². The number of rotatable bonds is 5. The molecule has 0 saturated heterocycles. The number of nitrogens with one attached hydrogen (secondary N) is 2. The molecular weight excluding hydrogens is 426 g/mol. The fourth-order valence-electron chi connectivity index (χ4n) is 2.82. The van der Waals surface area contributed by atoms with Crippen molar-refractivity contribution in [1.29, 1.82) is 0 Å². The summed E-state index contributed by atoms with van der Waals surface area (Å²) in [6, 6.07) is 17.5. The second kappa shape index (κ2) is 8.27. The molecule has 0 fully saturated rings. The normalized spacial score (nSPS) is 11.7. The SMILES string of the molecule is Cc1ccc(S(=O)(=O)NC(=O)Nc2cccc(S(N)(=O)=O)c2-c2ccccc2)cc1. The van der Waals surface area contributed by atoms with Gasteiger partial charge in [0.2, 0.25) is 10.0 Å². The Morgan fingerprint density at radius 1 is 0.833 bits per heavy atom. The van der Waals surface area contributed by atoms with Gasteiger partial charge < -0.3 is 5.32 Å². The van der Waals surface area contributed by atoms with E-state index >= 15 is 0 Å². The molecular formula is C20H19N3O5S2. The smallest absolute Gasteiger partial charge is 0.306 e. The topological polar surface area (TPSA) is 135 Å². The predicted octanol–water partition coefficient (Wildman–Crippen LogP) is 2.82. The highest BCUT2D eigenvalue weighted by Crippen LogP contribution is 2.33. The molecule has 0 aliphatic carbocycles. The van der Waals surface area contributed by atoms with Crippen LogP contribution >= 0.6 is 0 Å². The first-order valence-electron chi connectivity index (χ1n) is 8.69. The van der Waals surface area contributed by atoms with Crippen LogP contribution in [0.5, 0.6) is 0 Å². The number of nitrogens with two attached hydrogens (primary N) is 1. The Bertz CT molecular complexity index is 1290. The van der Waals surface area contributed by atoms with E-state index in [2.05, 4.69) is 5.32 Å². The van der Waals surface area contributed by atoms with Crippen LogP contribution in [-0.4, -0.2) is 22.9 Å². The van der Waals surface area contributed by atoms with E-state index < -0.39 is 26.1 Å². The van der Waals surface area contributed by atoms with Crippen molar-refractivity contribution in [2.24, 2.45) is 5.14 Å². The van der Waals surface area contributed by atoms with E-state index in [0.29, 0.717) is 5.56 Å². The third-order valence-corrected chi connectivity index (χ3v) is 6.50. The van der Waals surface area contributed by atoms with Crippen LogP contribution in [0.25, 0.3) is 11.1 Å². The summed E-state index contributed by atoms with van der Waals surface area (Å²) in [7, 11) is -8.23. The zero-order valence-electron chi connectivity index (χ0n) is 15.9. The molecule has 3 rings (SSSR count). The van der Waals surface area contributed by atoms with Gasteiger partial charge in [0.25, 0.3) is 10.0 Å². The quantitative estimate of drug-likeness (QED) is 0.555. The summed E-state index contributed by atoms with van der Waals surface area (Å²) < 4.78 is 50.9. The van der Waals surface area contributed by atoms with Crippen molar-refractivity contribution in [1.82, 2.24) is 4.72 Å². The van der Waals surface area contributed by atoms with E-state index in [1.54, 1.807) is 49.4 Å². The number of urea groups is 1. The maximum atomic E-state index is 12.4. The summed E-state index contributed by atoms with van der Waals surface area (Å²) in [5.74, 6) is 0. The molecule has 0 heterocycles. The Hall–Kier alpha value is -3.21. The number of hydrogen-bond donors (Lipinski definition) is 3. The van der Waals surface area contributed by atoms with Crippen LogP contribution in [0.2, 0.25) is 0 Å². The van der Waals surface area contributed by atoms with Crippen LogP contribution in [0.3, 0.4) is 0 Å². The predicted molar refractivity (Wildman–Crippen MR) is 114 cm³/mol. The number of hydrogen-bond acceptors (Lipinski definition) is 5. The minimum Gasteiger partial charge on any atom is -0.306 e. The van der Waals surface area contributed by atoms with Gasteiger partial charge in [0.15, 0.2) is 0 Å². The van der Waals surface area contributed by atoms with Crippen LogP contribution in [0.1, 0.15) is 5.56 Å². The number of anilines is 1. The van der Waals surface area contributed by atoms with Gasteiger partial charge in [-0.25, -0.2) is 31.5 Å². The molecule has 4 N–H and O–H groups in total. The molecule has 0 atom stereocenters. The average molecular weight is 446 g/mol. The highest BCUT2D eigenvalue weighted by Gasteiger charge is 2.22. The van der Waals surface area contributed by atoms with Gasteiger partial charge in [0.05, 0.1) is 15.5 Å². The molecule has 0 aliphatic heterocycles. The van der Waals surface area contributed by atoms with Crippen molar-refractivity contribution in [3.8, 4) is 11.1 Å². The lowest BCUT2D eigenvalue weighted by molar-refractivity contribution is 0.256. The molecule has 30 heavy (non-hydrogen) atoms. The first-order valence-corrected chi connectivity index (χ1v) is 11.7. The maximum Gasteiger partial charge on any atom is 0.333 e. The zero-order valence-corrected chi connectivity index (χ0v) is 17.5. The van der Waals surface area contributed by atoms with Gasteiger partial charge in [0.1, 0.15) is 0 Å². The average Bonchev–Trinajstić information content (AvgIpc) is 2.67. The Kier molecular flexibility index (Phi) is 5.92. The zero-order chi connectivity index (χ0) is 21.9. The highest BCUT2D eigenvalue weighted by atomic mass is 32.2. The Morgan fingerprint density at radius 2 is 1.47 bits per heavy atom. The van der Waals surface area contributed by atoms with Crippen molar-refractivity contribution in [2.45, 2.75) is 16.7 Å². The number of carbonyl (C=O) groups is 1. The van der Waals surface area contributed by atoms with Crippen LogP contribution in [-0.2, 0) is 20.0 Å². The molecule has 0 saturated carbocycles. The maximum absolute atomic E-state index is 12.4. The van der Waals surface area contributed by atoms with Crippen molar-refractivity contribution >= 4 is 31.8 Å². The minimum atomic E-state index is -4.12. The summed E-state index contributed by atoms with van der Waals surface area (Å²) in [5.41, 5.74) is 1.59. The first-order chi connectivity index (χ1) is 14.1. The minimum absolute atomic E-state index is 0.0789. The number of benzene rings is 3. The van der Waals surface area contributed by atoms with E-state index in [9.17, 15) is 21.6 Å². The number of aryl methyl sites for hydroxylation is 1. The van der Waals surface area contributed by atoms with Crippen molar-refractivity contribution < 1.29 is 21.6 Å². The highest BCUT2D eigenvalue weighted by molar-refractivity contribution is 7.90. The third-order valence-electron chi connectivity index (χ3n) is 4.20. The van der Waals surface area contributed by atoms with E-state index in [1.807, 2.05) is 4.72 Å². The molecule has 0 unspecified atom stereocenters. The van der Waals surface area contributed by atoms with E-state index in [0.717, 1.165) is 5.56 Å². The Morgan fingerprint density at radius 3 is 2.07 bits per heavy atom. The standard InChI is InChI=1S/C20H19N3O5S2/c1-14-10-12-16(13-11-14)30(27,28)23-20(24)22-17-8-5-9-18(29(21,25)26)19(17)15-6-3-2-4-7-15/h2-13H,1H3,(H2,21,25,26)(H2,22,23,24). The summed E-state index contributed by atoms with van der Waals surface area (Å²) in [6.07, 6.45) is 0. The lowest BCUT2D eigenvalue weighted by atomic mass is 10.0. The Balaban J connectivity index is 1.97. The monoisotopic (exact) mass is 445 g/mol. The lowest BCUT2D eigenvalue weighted by Gasteiger charge is -2.15. The summed E-state index contributed by atoms with van der Waals surface area (Å²) in [5, 5.41) is 7.74. The number of carbonyl (C=O) groups excluding carboxylic acids is 1. The van der Waals surface area contributed by atoms with Gasteiger partial charge in [-0.2, -0.15) is 0 Å². The molecule has 10 heteroatoms. The molecule has 0 aliphatic rings. The number of amides is 2. The second-order valence-electron chi connectivity index (χ2n) is 6.46. The molecule has 3 aromatic carbocycles. The molecule has 156 valence electrons. The van der Waals surface area contributed by atoms with Crippen molar-refractivity contribution in [3.05, 3.63) is 78.4 Å². The summed E-state index contributed by atoms with van der Waals surface area (Å²) in [6.45, 7) is 1.81. The molecule has 3 aromatic rings. The summed E-state index contributed by atoms with van der Waals surface area (Å²) >= 11 is 0. The van der Waals surface area contributed by atoms with Gasteiger partial charge in [-0.15, -0.1) is 0 Å². The van der Waals surface area contributed by atoms with E-state index in [4.69, 9.17) is 5.14 Å². The van der Waals surface area contributed by atoms with Gasteiger partial charge in [-0.3, -0.25) is 0 Å². The van der Waals surface area contributed by atoms with E-state index in [-0.39, 0.29) is 21.0 Å². The van der Waals surface area contributed by atoms with Gasteiger partial charge >= 0.3 is 6.03 Å². The molecule has 0 aromatic heterocycles. The number of primary sulfonamides is 1. The third kappa shape index (κ3) is 4.85. The van der Waals surface area contributed by atoms with Gasteiger partial charge in [-0.05, 0) is 36.8 Å². The van der Waals surface area contributed by atoms with Gasteiger partial charge in [-0.1, -0.05) is 54.1 Å². The van der Waals surface area contributed by atoms with Crippen molar-refractivity contribution in [3.63, 3.8) is 0 Å². The molecule has 0 spiro atoms. The molecule has 0 bridgehead atoms. The second-order valence-corrected chi connectivity index (χ2v) is 9.67. The molecule has 2 amide bonds.